The Kier molecular flexibility index (Phi) is 4.08. The van der Waals surface area contributed by atoms with Crippen molar-refractivity contribution in [2.45, 2.75) is 19.4 Å². The van der Waals surface area contributed by atoms with E-state index in [0.717, 1.165) is 31.9 Å². The first-order valence-corrected chi connectivity index (χ1v) is 6.60. The first-order valence-electron chi connectivity index (χ1n) is 6.19. The van der Waals surface area contributed by atoms with Crippen LogP contribution in [0.5, 0.6) is 0 Å². The van der Waals surface area contributed by atoms with Gasteiger partial charge in [0.2, 0.25) is 0 Å². The van der Waals surface area contributed by atoms with E-state index in [1.54, 1.807) is 12.4 Å². The van der Waals surface area contributed by atoms with E-state index in [1.807, 2.05) is 0 Å². The zero-order chi connectivity index (χ0) is 13.1. The number of likely N-dealkylation sites (N-methyl/N-ethyl adjacent to an activating group) is 1. The maximum absolute atomic E-state index is 5.71. The molecule has 98 valence electrons. The molecule has 5 nitrogen and oxygen atoms in total. The molecule has 18 heavy (non-hydrogen) atoms. The van der Waals surface area contributed by atoms with Crippen LogP contribution in [0, 0.1) is 0 Å². The molecule has 0 radical (unpaired) electrons. The summed E-state index contributed by atoms with van der Waals surface area (Å²) in [5, 5.41) is 0. The SMILES string of the molecule is CCC1CN(c2nccnc2C(N)=S)CCN1C. The quantitative estimate of drug-likeness (QED) is 0.810. The predicted molar refractivity (Wildman–Crippen MR) is 76.8 cm³/mol. The van der Waals surface area contributed by atoms with Gasteiger partial charge in [-0.2, -0.15) is 0 Å². The van der Waals surface area contributed by atoms with Gasteiger partial charge in [-0.05, 0) is 13.5 Å². The van der Waals surface area contributed by atoms with Gasteiger partial charge in [0.15, 0.2) is 5.82 Å². The van der Waals surface area contributed by atoms with Crippen molar-refractivity contribution in [3.63, 3.8) is 0 Å². The van der Waals surface area contributed by atoms with Crippen LogP contribution in [0.15, 0.2) is 12.4 Å². The van der Waals surface area contributed by atoms with Gasteiger partial charge in [0.25, 0.3) is 0 Å². The normalized spacial score (nSPS) is 21.0. The molecular weight excluding hydrogens is 246 g/mol. The average molecular weight is 265 g/mol. The van der Waals surface area contributed by atoms with Crippen molar-refractivity contribution in [2.75, 3.05) is 31.6 Å². The molecule has 0 spiro atoms. The highest BCUT2D eigenvalue weighted by Gasteiger charge is 2.25. The van der Waals surface area contributed by atoms with E-state index in [0.29, 0.717) is 16.7 Å². The Morgan fingerprint density at radius 2 is 2.17 bits per heavy atom. The van der Waals surface area contributed by atoms with Gasteiger partial charge in [0.1, 0.15) is 10.7 Å². The topological polar surface area (TPSA) is 58.3 Å². The summed E-state index contributed by atoms with van der Waals surface area (Å²) in [4.78, 5) is 13.6. The second-order valence-corrected chi connectivity index (χ2v) is 5.02. The molecule has 0 bridgehead atoms. The van der Waals surface area contributed by atoms with E-state index in [1.165, 1.54) is 0 Å². The van der Waals surface area contributed by atoms with E-state index < -0.39 is 0 Å². The first-order chi connectivity index (χ1) is 8.63. The number of nitrogens with zero attached hydrogens (tertiary/aromatic N) is 4. The van der Waals surface area contributed by atoms with Crippen molar-refractivity contribution in [3.8, 4) is 0 Å². The van der Waals surface area contributed by atoms with Crippen LogP contribution in [0.2, 0.25) is 0 Å². The summed E-state index contributed by atoms with van der Waals surface area (Å²) >= 11 is 5.04. The van der Waals surface area contributed by atoms with Gasteiger partial charge in [-0.25, -0.2) is 9.97 Å². The molecule has 2 N–H and O–H groups in total. The van der Waals surface area contributed by atoms with Gasteiger partial charge in [-0.15, -0.1) is 0 Å². The summed E-state index contributed by atoms with van der Waals surface area (Å²) in [5.74, 6) is 0.816. The second-order valence-electron chi connectivity index (χ2n) is 4.58. The second kappa shape index (κ2) is 5.58. The van der Waals surface area contributed by atoms with Crippen LogP contribution in [-0.4, -0.2) is 52.6 Å². The highest BCUT2D eigenvalue weighted by molar-refractivity contribution is 7.80. The third kappa shape index (κ3) is 2.59. The molecule has 6 heteroatoms. The Labute approximate surface area is 113 Å². The number of anilines is 1. The largest absolute Gasteiger partial charge is 0.388 e. The van der Waals surface area contributed by atoms with E-state index in [9.17, 15) is 0 Å². The minimum absolute atomic E-state index is 0.310. The number of nitrogens with two attached hydrogens (primary N) is 1. The van der Waals surface area contributed by atoms with E-state index in [4.69, 9.17) is 18.0 Å². The number of rotatable bonds is 3. The van der Waals surface area contributed by atoms with Crippen LogP contribution in [0.3, 0.4) is 0 Å². The Balaban J connectivity index is 2.24. The summed E-state index contributed by atoms with van der Waals surface area (Å²) in [6.45, 7) is 5.10. The van der Waals surface area contributed by atoms with Crippen LogP contribution >= 0.6 is 12.2 Å². The third-order valence-corrected chi connectivity index (χ3v) is 3.65. The lowest BCUT2D eigenvalue weighted by Crippen LogP contribution is -2.51. The number of piperazine rings is 1. The van der Waals surface area contributed by atoms with E-state index in [2.05, 4.69) is 33.7 Å². The number of aromatic nitrogens is 2. The molecular formula is C12H19N5S. The van der Waals surface area contributed by atoms with Gasteiger partial charge in [-0.3, -0.25) is 4.90 Å². The Hall–Kier alpha value is -1.27. The highest BCUT2D eigenvalue weighted by atomic mass is 32.1. The maximum atomic E-state index is 5.71. The average Bonchev–Trinajstić information content (AvgIpc) is 2.39. The van der Waals surface area contributed by atoms with Gasteiger partial charge < -0.3 is 10.6 Å². The maximum Gasteiger partial charge on any atom is 0.157 e. The molecule has 0 saturated carbocycles. The standard InChI is InChI=1S/C12H19N5S/c1-3-9-8-17(7-6-16(9)2)12-10(11(13)18)14-4-5-15-12/h4-5,9H,3,6-8H2,1-2H3,(H2,13,18). The van der Waals surface area contributed by atoms with Crippen LogP contribution in [-0.2, 0) is 0 Å². The van der Waals surface area contributed by atoms with Crippen molar-refractivity contribution in [1.82, 2.24) is 14.9 Å². The number of hydrogen-bond acceptors (Lipinski definition) is 5. The Morgan fingerprint density at radius 1 is 1.44 bits per heavy atom. The molecule has 1 saturated heterocycles. The monoisotopic (exact) mass is 265 g/mol. The minimum atomic E-state index is 0.310. The smallest absolute Gasteiger partial charge is 0.157 e. The third-order valence-electron chi connectivity index (χ3n) is 3.46. The van der Waals surface area contributed by atoms with E-state index in [-0.39, 0.29) is 0 Å². The van der Waals surface area contributed by atoms with Crippen LogP contribution in [0.4, 0.5) is 5.82 Å². The summed E-state index contributed by atoms with van der Waals surface area (Å²) in [6.07, 6.45) is 4.44. The fraction of sp³-hybridized carbons (Fsp3) is 0.583. The van der Waals surface area contributed by atoms with Gasteiger partial charge >= 0.3 is 0 Å². The lowest BCUT2D eigenvalue weighted by Gasteiger charge is -2.40. The fourth-order valence-electron chi connectivity index (χ4n) is 2.32. The molecule has 1 aromatic heterocycles. The van der Waals surface area contributed by atoms with Crippen molar-refractivity contribution < 1.29 is 0 Å². The predicted octanol–water partition coefficient (Wildman–Crippen LogP) is 0.641. The highest BCUT2D eigenvalue weighted by Crippen LogP contribution is 2.20. The first kappa shape index (κ1) is 13.2. The van der Waals surface area contributed by atoms with Crippen molar-refractivity contribution in [3.05, 3.63) is 18.1 Å². The Bertz CT molecular complexity index is 436. The van der Waals surface area contributed by atoms with Crippen molar-refractivity contribution in [2.24, 2.45) is 5.73 Å². The fourth-order valence-corrected chi connectivity index (χ4v) is 2.46. The molecule has 0 aromatic carbocycles. The van der Waals surface area contributed by atoms with Gasteiger partial charge in [0, 0.05) is 38.1 Å². The minimum Gasteiger partial charge on any atom is -0.388 e. The van der Waals surface area contributed by atoms with Crippen LogP contribution in [0.25, 0.3) is 0 Å². The van der Waals surface area contributed by atoms with Crippen LogP contribution in [0.1, 0.15) is 19.0 Å². The number of hydrogen-bond donors (Lipinski definition) is 1. The van der Waals surface area contributed by atoms with E-state index >= 15 is 0 Å². The zero-order valence-electron chi connectivity index (χ0n) is 10.8. The van der Waals surface area contributed by atoms with Crippen LogP contribution < -0.4 is 10.6 Å². The molecule has 0 amide bonds. The van der Waals surface area contributed by atoms with Gasteiger partial charge in [-0.1, -0.05) is 19.1 Å². The molecule has 1 atom stereocenters. The summed E-state index contributed by atoms with van der Waals surface area (Å²) < 4.78 is 0. The van der Waals surface area contributed by atoms with Crippen molar-refractivity contribution >= 4 is 23.0 Å². The molecule has 0 aliphatic carbocycles. The molecule has 1 aromatic rings. The molecule has 1 aliphatic heterocycles. The van der Waals surface area contributed by atoms with Gasteiger partial charge in [0.05, 0.1) is 0 Å². The molecule has 1 unspecified atom stereocenters. The lowest BCUT2D eigenvalue weighted by atomic mass is 10.1. The summed E-state index contributed by atoms with van der Waals surface area (Å²) in [6, 6.07) is 0.542. The zero-order valence-corrected chi connectivity index (χ0v) is 11.7. The van der Waals surface area contributed by atoms with Crippen molar-refractivity contribution in [1.29, 1.82) is 0 Å². The Morgan fingerprint density at radius 3 is 2.83 bits per heavy atom. The molecule has 1 aliphatic rings. The molecule has 2 heterocycles. The molecule has 2 rings (SSSR count). The number of thiocarbonyl (C=S) groups is 1. The summed E-state index contributed by atoms with van der Waals surface area (Å²) in [7, 11) is 2.16. The summed E-state index contributed by atoms with van der Waals surface area (Å²) in [5.41, 5.74) is 6.34. The lowest BCUT2D eigenvalue weighted by molar-refractivity contribution is 0.213. The molecule has 1 fully saturated rings.